The van der Waals surface area contributed by atoms with E-state index in [1.54, 1.807) is 55.6 Å². The summed E-state index contributed by atoms with van der Waals surface area (Å²) in [5.41, 5.74) is 0.264. The number of methoxy groups -OCH3 is 1. The predicted octanol–water partition coefficient (Wildman–Crippen LogP) is 3.62. The number of carbonyl (C=O) groups excluding carboxylic acids is 1. The number of halogens is 1. The highest BCUT2D eigenvalue weighted by Crippen LogP contribution is 2.26. The van der Waals surface area contributed by atoms with E-state index < -0.39 is 28.3 Å². The Balaban J connectivity index is 1.71. The molecule has 0 aliphatic rings. The second-order valence-corrected chi connectivity index (χ2v) is 9.13. The molecular formula is C25H27FN2O6S. The lowest BCUT2D eigenvalue weighted by Gasteiger charge is -2.24. The molecule has 3 aromatic rings. The quantitative estimate of drug-likeness (QED) is 0.380. The van der Waals surface area contributed by atoms with E-state index >= 15 is 0 Å². The van der Waals surface area contributed by atoms with E-state index in [0.717, 1.165) is 28.6 Å². The third-order valence-electron chi connectivity index (χ3n) is 4.86. The molecule has 8 nitrogen and oxygen atoms in total. The first kappa shape index (κ1) is 25.8. The third-order valence-corrected chi connectivity index (χ3v) is 6.65. The minimum absolute atomic E-state index is 0.137. The van der Waals surface area contributed by atoms with Gasteiger partial charge in [0.05, 0.1) is 30.8 Å². The number of hydrogen-bond donors (Lipinski definition) is 1. The molecule has 0 unspecified atom stereocenters. The molecule has 1 N–H and O–H groups in total. The van der Waals surface area contributed by atoms with Gasteiger partial charge < -0.3 is 19.5 Å². The molecule has 0 fully saturated rings. The largest absolute Gasteiger partial charge is 0.497 e. The number of benzene rings is 3. The maximum atomic E-state index is 13.4. The van der Waals surface area contributed by atoms with Crippen LogP contribution in [0.1, 0.15) is 6.92 Å². The first-order valence-corrected chi connectivity index (χ1v) is 12.3. The Hall–Kier alpha value is -3.79. The van der Waals surface area contributed by atoms with Crippen molar-refractivity contribution in [3.05, 3.63) is 78.6 Å². The Morgan fingerprint density at radius 3 is 2.29 bits per heavy atom. The standard InChI is InChI=1S/C25H27FN2O6S/c1-3-33-21-11-9-20(10-12-21)28(35(30,31)24-13-7-19(26)8-14-24)18-25(29)27-15-16-34-23-6-4-5-22(17-23)32-2/h4-14,17H,3,15-16,18H2,1-2H3,(H,27,29). The smallest absolute Gasteiger partial charge is 0.264 e. The van der Waals surface area contributed by atoms with Gasteiger partial charge in [0, 0.05) is 6.07 Å². The molecular weight excluding hydrogens is 475 g/mol. The highest BCUT2D eigenvalue weighted by molar-refractivity contribution is 7.92. The van der Waals surface area contributed by atoms with Crippen LogP contribution in [0.5, 0.6) is 17.2 Å². The number of amides is 1. The summed E-state index contributed by atoms with van der Waals surface area (Å²) in [6.45, 7) is 2.14. The molecule has 35 heavy (non-hydrogen) atoms. The molecule has 10 heteroatoms. The van der Waals surface area contributed by atoms with Crippen LogP contribution in [0, 0.1) is 5.82 Å². The van der Waals surface area contributed by atoms with Crippen LogP contribution < -0.4 is 23.8 Å². The van der Waals surface area contributed by atoms with Crippen molar-refractivity contribution in [3.63, 3.8) is 0 Å². The second-order valence-electron chi connectivity index (χ2n) is 7.27. The molecule has 0 radical (unpaired) electrons. The summed E-state index contributed by atoms with van der Waals surface area (Å²) in [6.07, 6.45) is 0. The third kappa shape index (κ3) is 7.10. The van der Waals surface area contributed by atoms with Crippen LogP contribution in [-0.4, -0.2) is 47.7 Å². The fourth-order valence-electron chi connectivity index (χ4n) is 3.16. The predicted molar refractivity (Wildman–Crippen MR) is 130 cm³/mol. The van der Waals surface area contributed by atoms with Crippen LogP contribution in [-0.2, 0) is 14.8 Å². The topological polar surface area (TPSA) is 94.2 Å². The van der Waals surface area contributed by atoms with Crippen LogP contribution in [0.2, 0.25) is 0 Å². The normalized spacial score (nSPS) is 10.9. The van der Waals surface area contributed by atoms with Gasteiger partial charge in [-0.05, 0) is 67.6 Å². The van der Waals surface area contributed by atoms with Crippen molar-refractivity contribution >= 4 is 21.6 Å². The number of nitrogens with one attached hydrogen (secondary N) is 1. The van der Waals surface area contributed by atoms with Gasteiger partial charge in [0.25, 0.3) is 10.0 Å². The van der Waals surface area contributed by atoms with E-state index in [1.165, 1.54) is 0 Å². The van der Waals surface area contributed by atoms with E-state index in [0.29, 0.717) is 23.9 Å². The first-order valence-electron chi connectivity index (χ1n) is 10.9. The van der Waals surface area contributed by atoms with Gasteiger partial charge in [0.2, 0.25) is 5.91 Å². The molecule has 0 bridgehead atoms. The number of hydrogen-bond acceptors (Lipinski definition) is 6. The Labute approximate surface area is 204 Å². The lowest BCUT2D eigenvalue weighted by molar-refractivity contribution is -0.119. The maximum absolute atomic E-state index is 13.4. The van der Waals surface area contributed by atoms with Crippen molar-refractivity contribution in [1.82, 2.24) is 5.32 Å². The van der Waals surface area contributed by atoms with Gasteiger partial charge in [-0.1, -0.05) is 6.07 Å². The Morgan fingerprint density at radius 1 is 0.943 bits per heavy atom. The highest BCUT2D eigenvalue weighted by atomic mass is 32.2. The number of sulfonamides is 1. The molecule has 0 atom stereocenters. The van der Waals surface area contributed by atoms with Gasteiger partial charge in [-0.25, -0.2) is 12.8 Å². The van der Waals surface area contributed by atoms with Crippen LogP contribution in [0.25, 0.3) is 0 Å². The van der Waals surface area contributed by atoms with Crippen molar-refractivity contribution in [3.8, 4) is 17.2 Å². The SMILES string of the molecule is CCOc1ccc(N(CC(=O)NCCOc2cccc(OC)c2)S(=O)(=O)c2ccc(F)cc2)cc1. The van der Waals surface area contributed by atoms with Crippen LogP contribution in [0.3, 0.4) is 0 Å². The van der Waals surface area contributed by atoms with Gasteiger partial charge in [0.15, 0.2) is 0 Å². The number of carbonyl (C=O) groups is 1. The van der Waals surface area contributed by atoms with Gasteiger partial charge in [-0.15, -0.1) is 0 Å². The highest BCUT2D eigenvalue weighted by Gasteiger charge is 2.27. The zero-order valence-corrected chi connectivity index (χ0v) is 20.3. The molecule has 186 valence electrons. The number of ether oxygens (including phenoxy) is 3. The zero-order valence-electron chi connectivity index (χ0n) is 19.4. The summed E-state index contributed by atoms with van der Waals surface area (Å²) in [4.78, 5) is 12.5. The lowest BCUT2D eigenvalue weighted by atomic mass is 10.3. The molecule has 0 aromatic heterocycles. The molecule has 0 aliphatic heterocycles. The molecule has 0 heterocycles. The number of anilines is 1. The fraction of sp³-hybridized carbons (Fsp3) is 0.240. The fourth-order valence-corrected chi connectivity index (χ4v) is 4.58. The van der Waals surface area contributed by atoms with Crippen LogP contribution in [0.4, 0.5) is 10.1 Å². The summed E-state index contributed by atoms with van der Waals surface area (Å²) >= 11 is 0. The molecule has 0 saturated heterocycles. The van der Waals surface area contributed by atoms with Crippen LogP contribution >= 0.6 is 0 Å². The minimum Gasteiger partial charge on any atom is -0.497 e. The summed E-state index contributed by atoms with van der Waals surface area (Å²) in [7, 11) is -2.60. The molecule has 3 aromatic carbocycles. The number of rotatable bonds is 12. The summed E-state index contributed by atoms with van der Waals surface area (Å²) in [5, 5.41) is 2.66. The van der Waals surface area contributed by atoms with E-state index in [9.17, 15) is 17.6 Å². The van der Waals surface area contributed by atoms with Gasteiger partial charge in [-0.3, -0.25) is 9.10 Å². The monoisotopic (exact) mass is 502 g/mol. The van der Waals surface area contributed by atoms with Crippen molar-refractivity contribution in [2.24, 2.45) is 0 Å². The molecule has 0 saturated carbocycles. The average Bonchev–Trinajstić information content (AvgIpc) is 2.86. The molecule has 0 spiro atoms. The van der Waals surface area contributed by atoms with E-state index in [2.05, 4.69) is 5.32 Å². The summed E-state index contributed by atoms with van der Waals surface area (Å²) in [5.74, 6) is 0.690. The van der Waals surface area contributed by atoms with Gasteiger partial charge >= 0.3 is 0 Å². The Morgan fingerprint density at radius 2 is 1.63 bits per heavy atom. The van der Waals surface area contributed by atoms with E-state index in [-0.39, 0.29) is 23.7 Å². The van der Waals surface area contributed by atoms with Crippen molar-refractivity contribution < 1.29 is 31.8 Å². The molecule has 3 rings (SSSR count). The van der Waals surface area contributed by atoms with Gasteiger partial charge in [-0.2, -0.15) is 0 Å². The molecule has 1 amide bonds. The summed E-state index contributed by atoms with van der Waals surface area (Å²) in [6, 6.07) is 17.8. The van der Waals surface area contributed by atoms with Crippen LogP contribution in [0.15, 0.2) is 77.7 Å². The minimum atomic E-state index is -4.15. The maximum Gasteiger partial charge on any atom is 0.264 e. The molecule has 0 aliphatic carbocycles. The van der Waals surface area contributed by atoms with Crippen molar-refractivity contribution in [2.45, 2.75) is 11.8 Å². The average molecular weight is 503 g/mol. The van der Waals surface area contributed by atoms with Gasteiger partial charge in [0.1, 0.15) is 36.2 Å². The first-order chi connectivity index (χ1) is 16.8. The van der Waals surface area contributed by atoms with E-state index in [1.807, 2.05) is 6.92 Å². The summed E-state index contributed by atoms with van der Waals surface area (Å²) < 4.78 is 57.1. The Kier molecular flexibility index (Phi) is 8.91. The zero-order chi connectivity index (χ0) is 25.3. The Bertz CT molecular complexity index is 1220. The van der Waals surface area contributed by atoms with Crippen molar-refractivity contribution in [2.75, 3.05) is 37.7 Å². The second kappa shape index (κ2) is 12.1. The lowest BCUT2D eigenvalue weighted by Crippen LogP contribution is -2.41. The number of nitrogens with zero attached hydrogens (tertiary/aromatic N) is 1. The van der Waals surface area contributed by atoms with E-state index in [4.69, 9.17) is 14.2 Å². The van der Waals surface area contributed by atoms with Crippen molar-refractivity contribution in [1.29, 1.82) is 0 Å².